The molecule has 0 radical (unpaired) electrons. The molecule has 0 aliphatic heterocycles. The Bertz CT molecular complexity index is 618. The largest absolute Gasteiger partial charge is 0.481 e. The first-order chi connectivity index (χ1) is 8.93. The van der Waals surface area contributed by atoms with E-state index >= 15 is 0 Å². The number of amides is 1. The van der Waals surface area contributed by atoms with Gasteiger partial charge in [-0.15, -0.1) is 0 Å². The van der Waals surface area contributed by atoms with Crippen LogP contribution in [0.15, 0.2) is 23.1 Å². The van der Waals surface area contributed by atoms with Crippen LogP contribution in [0.4, 0.5) is 0 Å². The Kier molecular flexibility index (Phi) is 4.45. The number of sulfonamides is 1. The molecule has 1 aromatic rings. The quantitative estimate of drug-likeness (QED) is 0.859. The molecule has 0 bridgehead atoms. The number of carbonyl (C=O) groups excluding carboxylic acids is 1. The van der Waals surface area contributed by atoms with Gasteiger partial charge in [-0.2, -0.15) is 0 Å². The lowest BCUT2D eigenvalue weighted by Gasteiger charge is -2.24. The second-order valence-corrected chi connectivity index (χ2v) is 7.18. The maximum Gasteiger partial charge on any atom is 0.258 e. The lowest BCUT2D eigenvalue weighted by Crippen LogP contribution is -2.31. The number of hydrogen-bond acceptors (Lipinski definition) is 4. The normalized spacial score (nSPS) is 13.8. The van der Waals surface area contributed by atoms with Gasteiger partial charge in [-0.3, -0.25) is 4.79 Å². The second-order valence-electron chi connectivity index (χ2n) is 5.62. The fraction of sp³-hybridized carbons (Fsp3) is 0.462. The fourth-order valence-corrected chi connectivity index (χ4v) is 2.16. The summed E-state index contributed by atoms with van der Waals surface area (Å²) >= 11 is 0. The SMILES string of the molecule is CC(Oc1ccc(S(N)(=O)=O)cc1C(C)(C)C)C(N)=O. The molecule has 0 spiro atoms. The van der Waals surface area contributed by atoms with Gasteiger partial charge in [0, 0.05) is 5.56 Å². The second kappa shape index (κ2) is 5.41. The van der Waals surface area contributed by atoms with Crippen molar-refractivity contribution in [3.63, 3.8) is 0 Å². The van der Waals surface area contributed by atoms with Gasteiger partial charge in [-0.05, 0) is 30.5 Å². The van der Waals surface area contributed by atoms with Gasteiger partial charge in [-0.1, -0.05) is 20.8 Å². The Labute approximate surface area is 119 Å². The molecule has 20 heavy (non-hydrogen) atoms. The Morgan fingerprint density at radius 1 is 1.30 bits per heavy atom. The molecule has 0 saturated heterocycles. The molecule has 0 aliphatic rings. The van der Waals surface area contributed by atoms with Gasteiger partial charge in [0.15, 0.2) is 6.10 Å². The van der Waals surface area contributed by atoms with E-state index in [-0.39, 0.29) is 10.3 Å². The summed E-state index contributed by atoms with van der Waals surface area (Å²) in [5.74, 6) is -0.184. The van der Waals surface area contributed by atoms with Gasteiger partial charge in [-0.25, -0.2) is 13.6 Å². The third-order valence-corrected chi connectivity index (χ3v) is 3.70. The molecular formula is C13H20N2O4S. The predicted molar refractivity (Wildman–Crippen MR) is 75.8 cm³/mol. The van der Waals surface area contributed by atoms with E-state index in [1.807, 2.05) is 20.8 Å². The fourth-order valence-electron chi connectivity index (χ4n) is 1.62. The molecule has 0 fully saturated rings. The average Bonchev–Trinajstić information content (AvgIpc) is 2.26. The third-order valence-electron chi connectivity index (χ3n) is 2.79. The first kappa shape index (κ1) is 16.5. The van der Waals surface area contributed by atoms with Crippen molar-refractivity contribution in [1.82, 2.24) is 0 Å². The van der Waals surface area contributed by atoms with E-state index in [1.54, 1.807) is 0 Å². The van der Waals surface area contributed by atoms with E-state index in [0.717, 1.165) is 0 Å². The molecule has 0 heterocycles. The maximum absolute atomic E-state index is 11.4. The monoisotopic (exact) mass is 300 g/mol. The highest BCUT2D eigenvalue weighted by Crippen LogP contribution is 2.33. The maximum atomic E-state index is 11.4. The zero-order chi connectivity index (χ0) is 15.7. The van der Waals surface area contributed by atoms with Crippen LogP contribution in [0.3, 0.4) is 0 Å². The number of rotatable bonds is 4. The molecule has 112 valence electrons. The summed E-state index contributed by atoms with van der Waals surface area (Å²) < 4.78 is 28.3. The molecule has 0 saturated carbocycles. The lowest BCUT2D eigenvalue weighted by atomic mass is 9.86. The van der Waals surface area contributed by atoms with Crippen LogP contribution in [-0.4, -0.2) is 20.4 Å². The van der Waals surface area contributed by atoms with Crippen LogP contribution >= 0.6 is 0 Å². The Morgan fingerprint density at radius 3 is 2.25 bits per heavy atom. The van der Waals surface area contributed by atoms with Crippen molar-refractivity contribution in [3.05, 3.63) is 23.8 Å². The summed E-state index contributed by atoms with van der Waals surface area (Å²) in [6.45, 7) is 7.23. The van der Waals surface area contributed by atoms with Crippen molar-refractivity contribution < 1.29 is 17.9 Å². The summed E-state index contributed by atoms with van der Waals surface area (Å²) in [5.41, 5.74) is 5.42. The molecule has 1 amide bonds. The van der Waals surface area contributed by atoms with Crippen molar-refractivity contribution in [1.29, 1.82) is 0 Å². The van der Waals surface area contributed by atoms with Crippen molar-refractivity contribution in [2.45, 2.75) is 44.1 Å². The number of nitrogens with two attached hydrogens (primary N) is 2. The summed E-state index contributed by atoms with van der Waals surface area (Å²) in [7, 11) is -3.79. The van der Waals surface area contributed by atoms with Crippen molar-refractivity contribution in [2.75, 3.05) is 0 Å². The van der Waals surface area contributed by atoms with E-state index < -0.39 is 22.0 Å². The van der Waals surface area contributed by atoms with Crippen molar-refractivity contribution in [2.24, 2.45) is 10.9 Å². The smallest absolute Gasteiger partial charge is 0.258 e. The summed E-state index contributed by atoms with van der Waals surface area (Å²) in [4.78, 5) is 11.1. The van der Waals surface area contributed by atoms with Crippen LogP contribution < -0.4 is 15.6 Å². The van der Waals surface area contributed by atoms with Crippen LogP contribution in [0.2, 0.25) is 0 Å². The summed E-state index contributed by atoms with van der Waals surface area (Å²) in [6, 6.07) is 4.28. The third kappa shape index (κ3) is 3.94. The van der Waals surface area contributed by atoms with Crippen LogP contribution in [0.1, 0.15) is 33.3 Å². The molecule has 7 heteroatoms. The molecule has 1 unspecified atom stereocenters. The Balaban J connectivity index is 3.36. The standard InChI is InChI=1S/C13H20N2O4S/c1-8(12(14)16)19-11-6-5-9(20(15,17)18)7-10(11)13(2,3)4/h5-8H,1-4H3,(H2,14,16)(H2,15,17,18). The topological polar surface area (TPSA) is 112 Å². The van der Waals surface area contributed by atoms with E-state index in [9.17, 15) is 13.2 Å². The van der Waals surface area contributed by atoms with E-state index in [4.69, 9.17) is 15.6 Å². The van der Waals surface area contributed by atoms with Crippen molar-refractivity contribution >= 4 is 15.9 Å². The van der Waals surface area contributed by atoms with Gasteiger partial charge in [0.1, 0.15) is 5.75 Å². The van der Waals surface area contributed by atoms with Gasteiger partial charge < -0.3 is 10.5 Å². The molecular weight excluding hydrogens is 280 g/mol. The summed E-state index contributed by atoms with van der Waals surface area (Å²) in [5, 5.41) is 5.13. The minimum atomic E-state index is -3.79. The highest BCUT2D eigenvalue weighted by Gasteiger charge is 2.23. The first-order valence-corrected chi connectivity index (χ1v) is 7.61. The Morgan fingerprint density at radius 2 is 1.85 bits per heavy atom. The first-order valence-electron chi connectivity index (χ1n) is 6.06. The molecule has 1 rings (SSSR count). The number of primary sulfonamides is 1. The number of benzene rings is 1. The van der Waals surface area contributed by atoms with Crippen LogP contribution in [0, 0.1) is 0 Å². The molecule has 4 N–H and O–H groups in total. The minimum absolute atomic E-state index is 0.00139. The number of carbonyl (C=O) groups is 1. The number of primary amides is 1. The van der Waals surface area contributed by atoms with E-state index in [1.165, 1.54) is 25.1 Å². The molecule has 1 atom stereocenters. The highest BCUT2D eigenvalue weighted by molar-refractivity contribution is 7.89. The van der Waals surface area contributed by atoms with Crippen LogP contribution in [-0.2, 0) is 20.2 Å². The van der Waals surface area contributed by atoms with Crippen molar-refractivity contribution in [3.8, 4) is 5.75 Å². The summed E-state index contributed by atoms with van der Waals surface area (Å²) in [6.07, 6.45) is -0.809. The van der Waals surface area contributed by atoms with E-state index in [0.29, 0.717) is 11.3 Å². The molecule has 0 aromatic heterocycles. The van der Waals surface area contributed by atoms with Gasteiger partial charge in [0.25, 0.3) is 5.91 Å². The highest BCUT2D eigenvalue weighted by atomic mass is 32.2. The minimum Gasteiger partial charge on any atom is -0.481 e. The van der Waals surface area contributed by atoms with Crippen LogP contribution in [0.25, 0.3) is 0 Å². The number of hydrogen-bond donors (Lipinski definition) is 2. The van der Waals surface area contributed by atoms with Crippen LogP contribution in [0.5, 0.6) is 5.75 Å². The van der Waals surface area contributed by atoms with E-state index in [2.05, 4.69) is 0 Å². The molecule has 0 aliphatic carbocycles. The zero-order valence-corrected chi connectivity index (χ0v) is 12.8. The predicted octanol–water partition coefficient (Wildman–Crippen LogP) is 0.884. The van der Waals surface area contributed by atoms with Gasteiger partial charge >= 0.3 is 0 Å². The van der Waals surface area contributed by atoms with Gasteiger partial charge in [0.2, 0.25) is 10.0 Å². The Hall–Kier alpha value is -1.60. The average molecular weight is 300 g/mol. The number of ether oxygens (including phenoxy) is 1. The van der Waals surface area contributed by atoms with Gasteiger partial charge in [0.05, 0.1) is 4.90 Å². The molecule has 6 nitrogen and oxygen atoms in total. The molecule has 1 aromatic carbocycles. The zero-order valence-electron chi connectivity index (χ0n) is 12.0. The lowest BCUT2D eigenvalue weighted by molar-refractivity contribution is -0.124.